The molecular weight excluding hydrogens is 398 g/mol. The highest BCUT2D eigenvalue weighted by atomic mass is 79.9. The zero-order chi connectivity index (χ0) is 18.7. The topological polar surface area (TPSA) is 64.6 Å². The largest absolute Gasteiger partial charge is 0.467 e. The van der Waals surface area contributed by atoms with Crippen molar-refractivity contribution in [1.82, 2.24) is 5.32 Å². The van der Waals surface area contributed by atoms with Crippen LogP contribution in [0.2, 0.25) is 0 Å². The lowest BCUT2D eigenvalue weighted by molar-refractivity contribution is -0.142. The number of esters is 1. The summed E-state index contributed by atoms with van der Waals surface area (Å²) in [5.41, 5.74) is 4.61. The van der Waals surface area contributed by atoms with Crippen LogP contribution in [0.3, 0.4) is 0 Å². The number of carbonyl (C=O) groups excluding carboxylic acids is 2. The van der Waals surface area contributed by atoms with Crippen LogP contribution in [0.15, 0.2) is 48.5 Å². The third kappa shape index (κ3) is 3.60. The standard InChI is InChI=1S/C20H20BrNO4/c1-12(21)18(19(23)25-2)22-20(24)26-11-17-15-9-5-3-7-13(15)14-8-4-6-10-16(14)17/h3-10,12,17-18H,11H2,1-2H3,(H,22,24)/t12-,18-/m0/s1. The van der Waals surface area contributed by atoms with Gasteiger partial charge >= 0.3 is 12.1 Å². The van der Waals surface area contributed by atoms with E-state index in [0.717, 1.165) is 11.1 Å². The lowest BCUT2D eigenvalue weighted by atomic mass is 9.98. The summed E-state index contributed by atoms with van der Waals surface area (Å²) >= 11 is 3.30. The summed E-state index contributed by atoms with van der Waals surface area (Å²) in [4.78, 5) is 23.7. The summed E-state index contributed by atoms with van der Waals surface area (Å²) in [6.07, 6.45) is -0.645. The van der Waals surface area contributed by atoms with Gasteiger partial charge in [0.25, 0.3) is 0 Å². The van der Waals surface area contributed by atoms with E-state index in [1.54, 1.807) is 6.92 Å². The van der Waals surface area contributed by atoms with Crippen LogP contribution in [0.4, 0.5) is 4.79 Å². The fraction of sp³-hybridized carbons (Fsp3) is 0.300. The second-order valence-corrected chi connectivity index (χ2v) is 7.59. The van der Waals surface area contributed by atoms with Crippen LogP contribution < -0.4 is 5.32 Å². The number of hydrogen-bond acceptors (Lipinski definition) is 4. The SMILES string of the molecule is COC(=O)[C@@H](NC(=O)OCC1c2ccccc2-c2ccccc21)[C@H](C)Br. The van der Waals surface area contributed by atoms with Gasteiger partial charge in [0.05, 0.1) is 7.11 Å². The highest BCUT2D eigenvalue weighted by Gasteiger charge is 2.30. The molecule has 5 nitrogen and oxygen atoms in total. The van der Waals surface area contributed by atoms with Gasteiger partial charge in [-0.25, -0.2) is 9.59 Å². The van der Waals surface area contributed by atoms with Gasteiger partial charge in [-0.2, -0.15) is 0 Å². The first-order chi connectivity index (χ1) is 12.5. The molecule has 1 N–H and O–H groups in total. The van der Waals surface area contributed by atoms with E-state index < -0.39 is 18.1 Å². The van der Waals surface area contributed by atoms with Crippen molar-refractivity contribution in [1.29, 1.82) is 0 Å². The zero-order valence-electron chi connectivity index (χ0n) is 14.6. The summed E-state index contributed by atoms with van der Waals surface area (Å²) in [6.45, 7) is 1.95. The van der Waals surface area contributed by atoms with E-state index in [1.807, 2.05) is 24.3 Å². The van der Waals surface area contributed by atoms with Crippen LogP contribution in [0.1, 0.15) is 24.0 Å². The Hall–Kier alpha value is -2.34. The minimum absolute atomic E-state index is 0.0221. The molecule has 0 bridgehead atoms. The molecular formula is C20H20BrNO4. The predicted molar refractivity (Wildman–Crippen MR) is 102 cm³/mol. The normalized spacial score (nSPS) is 14.7. The van der Waals surface area contributed by atoms with Gasteiger partial charge < -0.3 is 14.8 Å². The van der Waals surface area contributed by atoms with Gasteiger partial charge in [0.2, 0.25) is 0 Å². The molecule has 0 radical (unpaired) electrons. The number of amides is 1. The summed E-state index contributed by atoms with van der Waals surface area (Å²) in [5, 5.41) is 2.56. The first kappa shape index (κ1) is 18.5. The van der Waals surface area contributed by atoms with Crippen molar-refractivity contribution in [3.63, 3.8) is 0 Å². The van der Waals surface area contributed by atoms with Gasteiger partial charge in [0.15, 0.2) is 0 Å². The lowest BCUT2D eigenvalue weighted by Gasteiger charge is -2.20. The van der Waals surface area contributed by atoms with Crippen molar-refractivity contribution in [3.05, 3.63) is 59.7 Å². The van der Waals surface area contributed by atoms with Gasteiger partial charge in [-0.1, -0.05) is 71.4 Å². The average molecular weight is 418 g/mol. The van der Waals surface area contributed by atoms with Crippen LogP contribution in [-0.2, 0) is 14.3 Å². The summed E-state index contributed by atoms with van der Waals surface area (Å²) in [6, 6.07) is 15.4. The van der Waals surface area contributed by atoms with Crippen molar-refractivity contribution in [3.8, 4) is 11.1 Å². The second kappa shape index (κ2) is 7.91. The molecule has 0 spiro atoms. The number of hydrogen-bond donors (Lipinski definition) is 1. The maximum Gasteiger partial charge on any atom is 0.407 e. The van der Waals surface area contributed by atoms with Gasteiger partial charge in [-0.3, -0.25) is 0 Å². The molecule has 1 amide bonds. The predicted octanol–water partition coefficient (Wildman–Crippen LogP) is 3.85. The second-order valence-electron chi connectivity index (χ2n) is 6.15. The number of ether oxygens (including phenoxy) is 2. The van der Waals surface area contributed by atoms with Crippen molar-refractivity contribution in [2.75, 3.05) is 13.7 Å². The Morgan fingerprint density at radius 1 is 1.08 bits per heavy atom. The number of alkyl halides is 1. The molecule has 26 heavy (non-hydrogen) atoms. The molecule has 0 aliphatic heterocycles. The van der Waals surface area contributed by atoms with Crippen LogP contribution in [0.5, 0.6) is 0 Å². The highest BCUT2D eigenvalue weighted by Crippen LogP contribution is 2.44. The molecule has 2 atom stereocenters. The van der Waals surface area contributed by atoms with Crippen molar-refractivity contribution in [2.45, 2.75) is 23.7 Å². The van der Waals surface area contributed by atoms with Crippen molar-refractivity contribution >= 4 is 28.0 Å². The number of alkyl carbamates (subject to hydrolysis) is 1. The number of rotatable bonds is 5. The van der Waals surface area contributed by atoms with E-state index in [4.69, 9.17) is 9.47 Å². The molecule has 2 aromatic rings. The number of nitrogens with one attached hydrogen (secondary N) is 1. The molecule has 0 fully saturated rings. The van der Waals surface area contributed by atoms with Crippen LogP contribution in [0, 0.1) is 0 Å². The minimum Gasteiger partial charge on any atom is -0.467 e. The molecule has 136 valence electrons. The molecule has 0 saturated carbocycles. The van der Waals surface area contributed by atoms with Gasteiger partial charge in [0.1, 0.15) is 12.6 Å². The molecule has 3 rings (SSSR count). The Morgan fingerprint density at radius 3 is 2.12 bits per heavy atom. The molecule has 1 aliphatic carbocycles. The van der Waals surface area contributed by atoms with Gasteiger partial charge in [-0.15, -0.1) is 0 Å². The number of benzene rings is 2. The van der Waals surface area contributed by atoms with E-state index in [9.17, 15) is 9.59 Å². The van der Waals surface area contributed by atoms with Crippen LogP contribution >= 0.6 is 15.9 Å². The average Bonchev–Trinajstić information content (AvgIpc) is 2.97. The monoisotopic (exact) mass is 417 g/mol. The van der Waals surface area contributed by atoms with E-state index in [-0.39, 0.29) is 17.4 Å². The maximum atomic E-state index is 12.2. The molecule has 0 heterocycles. The molecule has 0 unspecified atom stereocenters. The summed E-state index contributed by atoms with van der Waals surface area (Å²) in [7, 11) is 1.28. The fourth-order valence-corrected chi connectivity index (χ4v) is 3.60. The first-order valence-corrected chi connectivity index (χ1v) is 9.28. The summed E-state index contributed by atoms with van der Waals surface area (Å²) < 4.78 is 10.1. The molecule has 1 aliphatic rings. The summed E-state index contributed by atoms with van der Waals surface area (Å²) in [5.74, 6) is -0.547. The van der Waals surface area contributed by atoms with Crippen LogP contribution in [0.25, 0.3) is 11.1 Å². The Balaban J connectivity index is 1.72. The molecule has 6 heteroatoms. The quantitative estimate of drug-likeness (QED) is 0.592. The zero-order valence-corrected chi connectivity index (χ0v) is 16.2. The van der Waals surface area contributed by atoms with Gasteiger partial charge in [0, 0.05) is 10.7 Å². The van der Waals surface area contributed by atoms with E-state index >= 15 is 0 Å². The number of carbonyl (C=O) groups is 2. The van der Waals surface area contributed by atoms with Gasteiger partial charge in [-0.05, 0) is 22.3 Å². The lowest BCUT2D eigenvalue weighted by Crippen LogP contribution is -2.46. The van der Waals surface area contributed by atoms with E-state index in [0.29, 0.717) is 0 Å². The Morgan fingerprint density at radius 2 is 1.62 bits per heavy atom. The Labute approximate surface area is 160 Å². The number of halogens is 1. The number of methoxy groups -OCH3 is 1. The third-order valence-corrected chi connectivity index (χ3v) is 5.06. The maximum absolute atomic E-state index is 12.2. The van der Waals surface area contributed by atoms with E-state index in [1.165, 1.54) is 18.2 Å². The highest BCUT2D eigenvalue weighted by molar-refractivity contribution is 9.09. The number of fused-ring (bicyclic) bond motifs is 3. The Kier molecular flexibility index (Phi) is 5.61. The third-order valence-electron chi connectivity index (χ3n) is 4.53. The van der Waals surface area contributed by atoms with E-state index in [2.05, 4.69) is 45.5 Å². The minimum atomic E-state index is -0.810. The van der Waals surface area contributed by atoms with Crippen molar-refractivity contribution in [2.24, 2.45) is 0 Å². The van der Waals surface area contributed by atoms with Crippen LogP contribution in [-0.4, -0.2) is 36.6 Å². The fourth-order valence-electron chi connectivity index (χ4n) is 3.26. The smallest absolute Gasteiger partial charge is 0.407 e. The Bertz CT molecular complexity index is 775. The molecule has 0 aromatic heterocycles. The molecule has 2 aromatic carbocycles. The molecule has 0 saturated heterocycles. The first-order valence-electron chi connectivity index (χ1n) is 8.36. The van der Waals surface area contributed by atoms with Crippen molar-refractivity contribution < 1.29 is 19.1 Å².